The average molecular weight is 922 g/mol. The highest BCUT2D eigenvalue weighted by Gasteiger charge is 2.51. The number of aliphatic hydroxyl groups excluding tert-OH is 7. The lowest BCUT2D eigenvalue weighted by atomic mass is 9.85. The Morgan fingerprint density at radius 3 is 1.30 bits per heavy atom. The smallest absolute Gasteiger partial charge is 0.393 e. The molecule has 0 aromatic heterocycles. The average Bonchev–Trinajstić information content (AvgIpc) is 3.26. The first-order valence-electron chi connectivity index (χ1n) is 25.7. The number of allylic oxidation sites excluding steroid dienone is 1. The first-order chi connectivity index (χ1) is 30.3. The molecule has 0 bridgehead atoms. The minimum absolute atomic E-state index is 0.239. The number of rotatable bonds is 43. The van der Waals surface area contributed by atoms with Crippen molar-refractivity contribution < 1.29 is 59.0 Å². The van der Waals surface area contributed by atoms with Gasteiger partial charge >= 0.3 is 7.82 Å². The maximum absolute atomic E-state index is 13.0. The van der Waals surface area contributed by atoms with Crippen LogP contribution < -0.4 is 5.32 Å². The molecule has 8 atom stereocenters. The highest BCUT2D eigenvalue weighted by molar-refractivity contribution is 7.47. The van der Waals surface area contributed by atoms with E-state index in [1.807, 2.05) is 0 Å². The largest absolute Gasteiger partial charge is 0.472 e. The lowest BCUT2D eigenvalue weighted by molar-refractivity contribution is -0.220. The van der Waals surface area contributed by atoms with E-state index in [1.54, 1.807) is 6.08 Å². The Kier molecular flexibility index (Phi) is 37.3. The number of carbonyl (C=O) groups is 1. The second-order valence-corrected chi connectivity index (χ2v) is 20.0. The second kappa shape index (κ2) is 39.1. The third kappa shape index (κ3) is 30.9. The molecule has 0 heterocycles. The molecule has 1 rings (SSSR count). The van der Waals surface area contributed by atoms with Gasteiger partial charge in [-0.2, -0.15) is 0 Å². The molecule has 9 N–H and O–H groups in total. The molecular formula is C49H96NO12P. The van der Waals surface area contributed by atoms with Crippen LogP contribution in [0.3, 0.4) is 0 Å². The summed E-state index contributed by atoms with van der Waals surface area (Å²) in [5.74, 6) is -0.589. The number of aliphatic hydroxyl groups is 7. The Balaban J connectivity index is 2.46. The first-order valence-corrected chi connectivity index (χ1v) is 27.2. The molecule has 0 aromatic rings. The lowest BCUT2D eigenvalue weighted by Gasteiger charge is -2.41. The van der Waals surface area contributed by atoms with Gasteiger partial charge < -0.3 is 46.0 Å². The zero-order chi connectivity index (χ0) is 46.6. The van der Waals surface area contributed by atoms with Crippen molar-refractivity contribution in [1.29, 1.82) is 0 Å². The van der Waals surface area contributed by atoms with Crippen molar-refractivity contribution in [3.8, 4) is 0 Å². The van der Waals surface area contributed by atoms with Crippen LogP contribution in [0.1, 0.15) is 232 Å². The molecule has 1 saturated carbocycles. The summed E-state index contributed by atoms with van der Waals surface area (Å²) < 4.78 is 22.9. The predicted octanol–water partition coefficient (Wildman–Crippen LogP) is 9.37. The highest BCUT2D eigenvalue weighted by Crippen LogP contribution is 2.47. The van der Waals surface area contributed by atoms with Crippen LogP contribution in [0, 0.1) is 0 Å². The van der Waals surface area contributed by atoms with E-state index in [2.05, 4.69) is 19.2 Å². The topological polar surface area (TPSA) is 226 Å². The van der Waals surface area contributed by atoms with Gasteiger partial charge in [0, 0.05) is 0 Å². The highest BCUT2D eigenvalue weighted by atomic mass is 31.2. The molecule has 0 radical (unpaired) electrons. The number of hydrogen-bond donors (Lipinski definition) is 9. The molecule has 0 saturated heterocycles. The van der Waals surface area contributed by atoms with Gasteiger partial charge in [0.15, 0.2) is 0 Å². The third-order valence-electron chi connectivity index (χ3n) is 12.6. The lowest BCUT2D eigenvalue weighted by Crippen LogP contribution is -2.64. The number of phosphoric acid groups is 1. The van der Waals surface area contributed by atoms with Crippen LogP contribution in [0.25, 0.3) is 0 Å². The predicted molar refractivity (Wildman–Crippen MR) is 252 cm³/mol. The Hall–Kier alpha value is -0.960. The van der Waals surface area contributed by atoms with E-state index < -0.39 is 75.2 Å². The van der Waals surface area contributed by atoms with Gasteiger partial charge in [0.2, 0.25) is 5.91 Å². The Bertz CT molecular complexity index is 1130. The first kappa shape index (κ1) is 60.1. The van der Waals surface area contributed by atoms with Crippen LogP contribution in [0.15, 0.2) is 12.2 Å². The summed E-state index contributed by atoms with van der Waals surface area (Å²) in [5, 5.41) is 74.6. The summed E-state index contributed by atoms with van der Waals surface area (Å²) in [4.78, 5) is 23.5. The van der Waals surface area contributed by atoms with Gasteiger partial charge in [-0.1, -0.05) is 219 Å². The summed E-state index contributed by atoms with van der Waals surface area (Å²) in [5.41, 5.74) is 0. The van der Waals surface area contributed by atoms with Gasteiger partial charge in [0.1, 0.15) is 36.6 Å². The zero-order valence-corrected chi connectivity index (χ0v) is 40.7. The van der Waals surface area contributed by atoms with Crippen LogP contribution in [0.5, 0.6) is 0 Å². The maximum atomic E-state index is 13.0. The summed E-state index contributed by atoms with van der Waals surface area (Å²) in [7, 11) is -5.14. The maximum Gasteiger partial charge on any atom is 0.472 e. The summed E-state index contributed by atoms with van der Waals surface area (Å²) in [6.45, 7) is 3.76. The van der Waals surface area contributed by atoms with Crippen LogP contribution in [0.4, 0.5) is 0 Å². The Labute approximate surface area is 382 Å². The van der Waals surface area contributed by atoms with E-state index in [1.165, 1.54) is 160 Å². The Morgan fingerprint density at radius 1 is 0.556 bits per heavy atom. The number of unbranched alkanes of at least 4 members (excludes halogenated alkanes) is 30. The van der Waals surface area contributed by atoms with Crippen LogP contribution in [0.2, 0.25) is 0 Å². The fraction of sp³-hybridized carbons (Fsp3) is 0.939. The minimum Gasteiger partial charge on any atom is -0.393 e. The summed E-state index contributed by atoms with van der Waals surface area (Å²) in [6, 6.07) is -1.24. The van der Waals surface area contributed by atoms with Crippen molar-refractivity contribution in [3.05, 3.63) is 12.2 Å². The number of amides is 1. The summed E-state index contributed by atoms with van der Waals surface area (Å²) >= 11 is 0. The van der Waals surface area contributed by atoms with Crippen molar-refractivity contribution in [3.63, 3.8) is 0 Å². The van der Waals surface area contributed by atoms with Crippen LogP contribution in [-0.4, -0.2) is 108 Å². The second-order valence-electron chi connectivity index (χ2n) is 18.6. The monoisotopic (exact) mass is 922 g/mol. The summed E-state index contributed by atoms with van der Waals surface area (Å²) in [6.07, 6.45) is 28.7. The minimum atomic E-state index is -5.14. The van der Waals surface area contributed by atoms with Gasteiger partial charge in [-0.15, -0.1) is 0 Å². The van der Waals surface area contributed by atoms with Gasteiger partial charge in [0.05, 0.1) is 31.3 Å². The Morgan fingerprint density at radius 2 is 0.905 bits per heavy atom. The molecule has 1 amide bonds. The molecule has 1 aliphatic carbocycles. The van der Waals surface area contributed by atoms with Crippen molar-refractivity contribution in [1.82, 2.24) is 5.32 Å². The SMILES string of the molecule is CCCCCCCCCCCCCC/C=C/C(O)C(COP(=O)(O)OC1C(O)C(O)C(O)C(O)C1O)NC(=O)CC(O)CCCCCCCCCCCCCCCCCCCCC. The van der Waals surface area contributed by atoms with E-state index in [-0.39, 0.29) is 6.42 Å². The molecular weight excluding hydrogens is 826 g/mol. The molecule has 14 heteroatoms. The molecule has 0 spiro atoms. The molecule has 374 valence electrons. The van der Waals surface area contributed by atoms with Gasteiger partial charge in [-0.3, -0.25) is 13.8 Å². The molecule has 0 aliphatic heterocycles. The fourth-order valence-electron chi connectivity index (χ4n) is 8.42. The van der Waals surface area contributed by atoms with Gasteiger partial charge in [-0.25, -0.2) is 4.57 Å². The van der Waals surface area contributed by atoms with Gasteiger partial charge in [0.25, 0.3) is 0 Å². The number of hydrogen-bond acceptors (Lipinski definition) is 11. The van der Waals surface area contributed by atoms with E-state index in [0.29, 0.717) is 12.8 Å². The molecule has 0 aromatic carbocycles. The van der Waals surface area contributed by atoms with E-state index in [4.69, 9.17) is 9.05 Å². The normalized spacial score (nSPS) is 22.9. The quantitative estimate of drug-likeness (QED) is 0.0158. The standard InChI is InChI=1S/C49H96NO12P/c1-3-5-7-9-11-13-15-17-19-20-21-22-23-24-26-28-30-32-34-36-40(51)38-43(53)50-41(39-61-63(59,60)62-49-47(57)45(55)44(54)46(56)48(49)58)42(52)37-35-33-31-29-27-25-18-16-14-12-10-8-6-4-2/h35,37,40-42,44-49,51-52,54-58H,3-34,36,38-39H2,1-2H3,(H,50,53)(H,59,60)/b37-35+. The van der Waals surface area contributed by atoms with Crippen molar-refractivity contribution in [2.24, 2.45) is 0 Å². The van der Waals surface area contributed by atoms with Gasteiger partial charge in [-0.05, 0) is 19.3 Å². The molecule has 8 unspecified atom stereocenters. The zero-order valence-electron chi connectivity index (χ0n) is 39.8. The van der Waals surface area contributed by atoms with E-state index in [9.17, 15) is 50.0 Å². The van der Waals surface area contributed by atoms with Crippen LogP contribution >= 0.6 is 7.82 Å². The van der Waals surface area contributed by atoms with Crippen molar-refractivity contribution in [2.45, 2.75) is 287 Å². The van der Waals surface area contributed by atoms with Crippen LogP contribution in [-0.2, 0) is 18.4 Å². The number of nitrogens with one attached hydrogen (secondary N) is 1. The van der Waals surface area contributed by atoms with E-state index in [0.717, 1.165) is 44.9 Å². The number of phosphoric ester groups is 1. The number of carbonyl (C=O) groups excluding carboxylic acids is 1. The van der Waals surface area contributed by atoms with Crippen molar-refractivity contribution in [2.75, 3.05) is 6.61 Å². The third-order valence-corrected chi connectivity index (χ3v) is 13.6. The molecule has 13 nitrogen and oxygen atoms in total. The fourth-order valence-corrected chi connectivity index (χ4v) is 9.39. The molecule has 1 aliphatic rings. The molecule has 63 heavy (non-hydrogen) atoms. The van der Waals surface area contributed by atoms with E-state index >= 15 is 0 Å². The molecule has 1 fully saturated rings. The van der Waals surface area contributed by atoms with Crippen molar-refractivity contribution >= 4 is 13.7 Å².